The lowest BCUT2D eigenvalue weighted by atomic mass is 10.1. The van der Waals surface area contributed by atoms with Crippen molar-refractivity contribution in [1.29, 1.82) is 0 Å². The van der Waals surface area contributed by atoms with E-state index < -0.39 is 36.0 Å². The topological polar surface area (TPSA) is 176 Å². The highest BCUT2D eigenvalue weighted by Gasteiger charge is 2.34. The van der Waals surface area contributed by atoms with Crippen LogP contribution in [0, 0.1) is 0 Å². The van der Waals surface area contributed by atoms with Crippen LogP contribution in [0.25, 0.3) is 0 Å². The van der Waals surface area contributed by atoms with Crippen LogP contribution in [-0.2, 0) is 25.5 Å². The molecular weight excluding hydrogens is 522 g/mol. The summed E-state index contributed by atoms with van der Waals surface area (Å²) >= 11 is 6.10. The first-order valence-electron chi connectivity index (χ1n) is 11.7. The molecule has 3 rings (SSSR count). The molecule has 0 aliphatic carbocycles. The summed E-state index contributed by atoms with van der Waals surface area (Å²) in [6, 6.07) is 4.28. The zero-order valence-electron chi connectivity index (χ0n) is 21.0. The Morgan fingerprint density at radius 3 is 2.58 bits per heavy atom. The molecule has 0 radical (unpaired) electrons. The van der Waals surface area contributed by atoms with Crippen LogP contribution in [0.3, 0.4) is 0 Å². The number of piperazine rings is 1. The van der Waals surface area contributed by atoms with Gasteiger partial charge in [-0.1, -0.05) is 12.1 Å². The molecule has 204 valence electrons. The molecule has 1 aliphatic rings. The highest BCUT2D eigenvalue weighted by Crippen LogP contribution is 2.21. The molecule has 0 saturated carbocycles. The maximum Gasteiger partial charge on any atom is 0.414 e. The van der Waals surface area contributed by atoms with Crippen molar-refractivity contribution in [3.05, 3.63) is 35.1 Å². The normalized spacial score (nSPS) is 15.7. The number of nitrogens with zero attached hydrogens (tertiary/aromatic N) is 5. The molecule has 0 bridgehead atoms. The molecule has 14 nitrogen and oxygen atoms in total. The van der Waals surface area contributed by atoms with E-state index in [2.05, 4.69) is 25.6 Å². The summed E-state index contributed by atoms with van der Waals surface area (Å²) in [5, 5.41) is 15.0. The van der Waals surface area contributed by atoms with Gasteiger partial charge in [0.05, 0.1) is 13.0 Å². The van der Waals surface area contributed by atoms with Crippen LogP contribution in [0.5, 0.6) is 5.75 Å². The summed E-state index contributed by atoms with van der Waals surface area (Å²) in [5.41, 5.74) is 0.636. The van der Waals surface area contributed by atoms with Crippen molar-refractivity contribution < 1.29 is 33.8 Å². The standard InChI is InChI=1S/C23H28ClN7O7/c1-4-37-17(32)12-16-18(33)25-9-10-31(16)22-28-20(24)27-21(29-22)26-15(19(34)35)11-13-5-7-14(8-6-13)38-23(36)30(2)3/h5-8,15-16H,4,9-12H2,1-3H3,(H,25,33)(H,34,35)(H,26,27,28,29)/t15-,16?/m0/s1. The fourth-order valence-electron chi connectivity index (χ4n) is 3.54. The lowest BCUT2D eigenvalue weighted by Gasteiger charge is -2.34. The van der Waals surface area contributed by atoms with Crippen LogP contribution < -0.4 is 20.3 Å². The average molecular weight is 550 g/mol. The summed E-state index contributed by atoms with van der Waals surface area (Å²) < 4.78 is 10.1. The molecule has 0 spiro atoms. The number of esters is 1. The van der Waals surface area contributed by atoms with Crippen molar-refractivity contribution in [3.63, 3.8) is 0 Å². The van der Waals surface area contributed by atoms with E-state index in [4.69, 9.17) is 21.1 Å². The summed E-state index contributed by atoms with van der Waals surface area (Å²) in [7, 11) is 3.11. The third-order valence-corrected chi connectivity index (χ3v) is 5.55. The number of carboxylic acid groups (broad SMARTS) is 1. The van der Waals surface area contributed by atoms with Gasteiger partial charge in [0.25, 0.3) is 0 Å². The highest BCUT2D eigenvalue weighted by molar-refractivity contribution is 6.28. The zero-order valence-corrected chi connectivity index (χ0v) is 21.8. The molecule has 38 heavy (non-hydrogen) atoms. The van der Waals surface area contributed by atoms with Crippen LogP contribution in [0.1, 0.15) is 18.9 Å². The van der Waals surface area contributed by atoms with Crippen molar-refractivity contribution in [2.24, 2.45) is 0 Å². The Morgan fingerprint density at radius 2 is 1.95 bits per heavy atom. The van der Waals surface area contributed by atoms with E-state index in [1.807, 2.05) is 0 Å². The average Bonchev–Trinajstić information content (AvgIpc) is 2.85. The lowest BCUT2D eigenvalue weighted by Crippen LogP contribution is -2.56. The summed E-state index contributed by atoms with van der Waals surface area (Å²) in [5.74, 6) is -1.95. The number of carboxylic acids is 1. The number of nitrogens with one attached hydrogen (secondary N) is 2. The van der Waals surface area contributed by atoms with Crippen molar-refractivity contribution >= 4 is 47.4 Å². The van der Waals surface area contributed by atoms with E-state index in [1.165, 1.54) is 9.80 Å². The van der Waals surface area contributed by atoms with Gasteiger partial charge >= 0.3 is 18.0 Å². The Labute approximate surface area is 223 Å². The Hall–Kier alpha value is -4.20. The molecule has 1 unspecified atom stereocenters. The van der Waals surface area contributed by atoms with Gasteiger partial charge in [0.1, 0.15) is 17.8 Å². The number of hydrogen-bond acceptors (Lipinski definition) is 11. The molecule has 2 atom stereocenters. The molecule has 2 aromatic rings. The van der Waals surface area contributed by atoms with Gasteiger partial charge in [0.15, 0.2) is 0 Å². The minimum absolute atomic E-state index is 0.00727. The van der Waals surface area contributed by atoms with Gasteiger partial charge in [-0.25, -0.2) is 9.59 Å². The summed E-state index contributed by atoms with van der Waals surface area (Å²) in [6.45, 7) is 2.39. The zero-order chi connectivity index (χ0) is 27.8. The number of aromatic nitrogens is 3. The minimum atomic E-state index is -1.18. The number of amides is 2. The van der Waals surface area contributed by atoms with Crippen LogP contribution in [-0.4, -0.2) is 94.8 Å². The largest absolute Gasteiger partial charge is 0.480 e. The minimum Gasteiger partial charge on any atom is -0.480 e. The highest BCUT2D eigenvalue weighted by atomic mass is 35.5. The second kappa shape index (κ2) is 12.9. The Bertz CT molecular complexity index is 1180. The molecule has 1 aromatic carbocycles. The number of carbonyl (C=O) groups excluding carboxylic acids is 3. The predicted octanol–water partition coefficient (Wildman–Crippen LogP) is 0.951. The van der Waals surface area contributed by atoms with Crippen molar-refractivity contribution in [3.8, 4) is 5.75 Å². The fraction of sp³-hybridized carbons (Fsp3) is 0.435. The van der Waals surface area contributed by atoms with Crippen molar-refractivity contribution in [1.82, 2.24) is 25.2 Å². The second-order valence-electron chi connectivity index (χ2n) is 8.38. The molecule has 2 heterocycles. The number of carbonyl (C=O) groups is 4. The van der Waals surface area contributed by atoms with Crippen molar-refractivity contribution in [2.45, 2.75) is 31.8 Å². The first-order chi connectivity index (χ1) is 18.1. The first kappa shape index (κ1) is 28.4. The van der Waals surface area contributed by atoms with Crippen LogP contribution >= 0.6 is 11.6 Å². The molecular formula is C23H28ClN7O7. The van der Waals surface area contributed by atoms with Crippen LogP contribution in [0.15, 0.2) is 24.3 Å². The Kier molecular flexibility index (Phi) is 9.60. The predicted molar refractivity (Wildman–Crippen MR) is 135 cm³/mol. The van der Waals surface area contributed by atoms with Gasteiger partial charge in [0.2, 0.25) is 23.1 Å². The molecule has 3 N–H and O–H groups in total. The van der Waals surface area contributed by atoms with Gasteiger partial charge in [-0.15, -0.1) is 0 Å². The third-order valence-electron chi connectivity index (χ3n) is 5.38. The van der Waals surface area contributed by atoms with E-state index in [0.717, 1.165) is 0 Å². The second-order valence-corrected chi connectivity index (χ2v) is 8.72. The molecule has 2 amide bonds. The SMILES string of the molecule is CCOC(=O)CC1C(=O)NCCN1c1nc(Cl)nc(N[C@@H](Cc2ccc(OC(=O)N(C)C)cc2)C(=O)O)n1. The maximum absolute atomic E-state index is 12.5. The van der Waals surface area contributed by atoms with Gasteiger partial charge in [-0.2, -0.15) is 15.0 Å². The summed E-state index contributed by atoms with van der Waals surface area (Å²) in [4.78, 5) is 63.3. The number of ether oxygens (including phenoxy) is 2. The monoisotopic (exact) mass is 549 g/mol. The fourth-order valence-corrected chi connectivity index (χ4v) is 3.70. The quantitative estimate of drug-likeness (QED) is 0.358. The van der Waals surface area contributed by atoms with E-state index in [1.54, 1.807) is 45.3 Å². The smallest absolute Gasteiger partial charge is 0.414 e. The molecule has 1 aromatic heterocycles. The number of anilines is 2. The number of benzene rings is 1. The Balaban J connectivity index is 1.77. The van der Waals surface area contributed by atoms with E-state index in [9.17, 15) is 24.3 Å². The number of aliphatic carboxylic acids is 1. The molecule has 1 aliphatic heterocycles. The van der Waals surface area contributed by atoms with Gasteiger partial charge < -0.3 is 35.0 Å². The molecule has 15 heteroatoms. The number of halogens is 1. The summed E-state index contributed by atoms with van der Waals surface area (Å²) in [6.07, 6.45) is -0.738. The lowest BCUT2D eigenvalue weighted by molar-refractivity contribution is -0.145. The third kappa shape index (κ3) is 7.65. The van der Waals surface area contributed by atoms with Gasteiger partial charge in [-0.3, -0.25) is 9.59 Å². The van der Waals surface area contributed by atoms with Gasteiger partial charge in [0, 0.05) is 33.6 Å². The first-order valence-corrected chi connectivity index (χ1v) is 12.0. The van der Waals surface area contributed by atoms with Crippen LogP contribution in [0.4, 0.5) is 16.7 Å². The van der Waals surface area contributed by atoms with E-state index in [-0.39, 0.29) is 49.7 Å². The molecule has 1 fully saturated rings. The van der Waals surface area contributed by atoms with E-state index >= 15 is 0 Å². The van der Waals surface area contributed by atoms with Crippen LogP contribution in [0.2, 0.25) is 5.28 Å². The maximum atomic E-state index is 12.5. The Morgan fingerprint density at radius 1 is 1.24 bits per heavy atom. The number of hydrogen-bond donors (Lipinski definition) is 3. The van der Waals surface area contributed by atoms with Crippen molar-refractivity contribution in [2.75, 3.05) is 44.0 Å². The van der Waals surface area contributed by atoms with E-state index in [0.29, 0.717) is 11.3 Å². The van der Waals surface area contributed by atoms with Gasteiger partial charge in [-0.05, 0) is 36.2 Å². The molecule has 1 saturated heterocycles. The number of rotatable bonds is 10.